The molecule has 0 atom stereocenters. The van der Waals surface area contributed by atoms with Crippen LogP contribution in [0.5, 0.6) is 0 Å². The zero-order valence-corrected chi connectivity index (χ0v) is 13.5. The van der Waals surface area contributed by atoms with Crippen LogP contribution in [0, 0.1) is 27.7 Å². The molecule has 6 heteroatoms. The van der Waals surface area contributed by atoms with Crippen LogP contribution >= 0.6 is 0 Å². The molecule has 0 saturated heterocycles. The Morgan fingerprint density at radius 3 is 2.43 bits per heavy atom. The molecule has 0 aliphatic rings. The quantitative estimate of drug-likeness (QED) is 0.921. The number of nitrogens with zero attached hydrogens (tertiary/aromatic N) is 1. The normalized spacial score (nSPS) is 11.8. The maximum absolute atomic E-state index is 12.2. The Labute approximate surface area is 125 Å². The first kappa shape index (κ1) is 15.7. The Morgan fingerprint density at radius 2 is 1.86 bits per heavy atom. The molecule has 0 unspecified atom stereocenters. The topological polar surface area (TPSA) is 72.2 Å². The molecule has 1 aromatic carbocycles. The van der Waals surface area contributed by atoms with Crippen LogP contribution in [-0.2, 0) is 16.4 Å². The van der Waals surface area contributed by atoms with Crippen molar-refractivity contribution < 1.29 is 12.9 Å². The van der Waals surface area contributed by atoms with Crippen LogP contribution in [0.3, 0.4) is 0 Å². The third-order valence-electron chi connectivity index (χ3n) is 3.51. The van der Waals surface area contributed by atoms with Gasteiger partial charge >= 0.3 is 0 Å². The number of nitrogens with one attached hydrogen (secondary N) is 1. The smallest absolute Gasteiger partial charge is 0.245 e. The van der Waals surface area contributed by atoms with Gasteiger partial charge in [0.1, 0.15) is 10.6 Å². The fourth-order valence-electron chi connectivity index (χ4n) is 2.22. The number of rotatable bonds is 5. The molecule has 1 N–H and O–H groups in total. The van der Waals surface area contributed by atoms with Crippen LogP contribution in [0.25, 0.3) is 0 Å². The lowest BCUT2D eigenvalue weighted by molar-refractivity contribution is 0.390. The fraction of sp³-hybridized carbons (Fsp3) is 0.400. The maximum atomic E-state index is 12.2. The highest BCUT2D eigenvalue weighted by Crippen LogP contribution is 2.18. The van der Waals surface area contributed by atoms with Crippen LogP contribution in [0.2, 0.25) is 0 Å². The summed E-state index contributed by atoms with van der Waals surface area (Å²) in [5.74, 6) is 0.311. The lowest BCUT2D eigenvalue weighted by atomic mass is 10.0. The van der Waals surface area contributed by atoms with Gasteiger partial charge < -0.3 is 4.52 Å². The van der Waals surface area contributed by atoms with Crippen molar-refractivity contribution in [1.82, 2.24) is 9.88 Å². The van der Waals surface area contributed by atoms with Crippen LogP contribution in [0.15, 0.2) is 27.6 Å². The summed E-state index contributed by atoms with van der Waals surface area (Å²) in [6, 6.07) is 6.15. The Balaban J connectivity index is 2.04. The molecule has 2 aromatic rings. The molecule has 0 fully saturated rings. The Kier molecular flexibility index (Phi) is 4.49. The van der Waals surface area contributed by atoms with Gasteiger partial charge in [0.15, 0.2) is 5.76 Å². The summed E-state index contributed by atoms with van der Waals surface area (Å²) in [7, 11) is -3.57. The average Bonchev–Trinajstić information content (AvgIpc) is 2.74. The third-order valence-corrected chi connectivity index (χ3v) is 5.22. The van der Waals surface area contributed by atoms with Gasteiger partial charge in [0.2, 0.25) is 10.0 Å². The van der Waals surface area contributed by atoms with E-state index in [1.807, 2.05) is 19.1 Å². The number of benzene rings is 1. The maximum Gasteiger partial charge on any atom is 0.245 e. The summed E-state index contributed by atoms with van der Waals surface area (Å²) in [4.78, 5) is 0.141. The average molecular weight is 308 g/mol. The highest BCUT2D eigenvalue weighted by atomic mass is 32.2. The number of hydrogen-bond acceptors (Lipinski definition) is 4. The number of aryl methyl sites for hydroxylation is 4. The van der Waals surface area contributed by atoms with Crippen molar-refractivity contribution in [2.75, 3.05) is 6.54 Å². The summed E-state index contributed by atoms with van der Waals surface area (Å²) in [5.41, 5.74) is 3.93. The van der Waals surface area contributed by atoms with E-state index >= 15 is 0 Å². The van der Waals surface area contributed by atoms with E-state index < -0.39 is 10.0 Å². The predicted molar refractivity (Wildman–Crippen MR) is 80.8 cm³/mol. The van der Waals surface area contributed by atoms with Gasteiger partial charge in [-0.1, -0.05) is 23.4 Å². The number of aromatic nitrogens is 1. The Bertz CT molecular complexity index is 729. The Morgan fingerprint density at radius 1 is 1.14 bits per heavy atom. The molecule has 114 valence electrons. The van der Waals surface area contributed by atoms with Crippen molar-refractivity contribution in [3.8, 4) is 0 Å². The first-order valence-corrected chi connectivity index (χ1v) is 8.28. The van der Waals surface area contributed by atoms with Crippen molar-refractivity contribution in [1.29, 1.82) is 0 Å². The van der Waals surface area contributed by atoms with Gasteiger partial charge in [0, 0.05) is 6.54 Å². The Hall–Kier alpha value is -1.66. The molecule has 1 heterocycles. The molecule has 0 radical (unpaired) electrons. The van der Waals surface area contributed by atoms with Crippen LogP contribution < -0.4 is 4.72 Å². The van der Waals surface area contributed by atoms with Gasteiger partial charge in [0.25, 0.3) is 0 Å². The molecule has 0 amide bonds. The second-order valence-electron chi connectivity index (χ2n) is 5.22. The minimum absolute atomic E-state index is 0.141. The van der Waals surface area contributed by atoms with Crippen molar-refractivity contribution in [3.05, 3.63) is 46.3 Å². The number of sulfonamides is 1. The van der Waals surface area contributed by atoms with E-state index in [-0.39, 0.29) is 4.90 Å². The summed E-state index contributed by atoms with van der Waals surface area (Å²) in [5, 5.41) is 3.68. The molecule has 2 rings (SSSR count). The van der Waals surface area contributed by atoms with Crippen LogP contribution in [0.4, 0.5) is 0 Å². The van der Waals surface area contributed by atoms with Crippen LogP contribution in [0.1, 0.15) is 28.1 Å². The molecule has 0 saturated carbocycles. The molecule has 0 aliphatic carbocycles. The van der Waals surface area contributed by atoms with Gasteiger partial charge in [-0.15, -0.1) is 0 Å². The van der Waals surface area contributed by atoms with E-state index in [1.165, 1.54) is 11.1 Å². The highest BCUT2D eigenvalue weighted by molar-refractivity contribution is 7.89. The molecule has 0 spiro atoms. The predicted octanol–water partition coefficient (Wildman–Crippen LogP) is 2.43. The second-order valence-corrected chi connectivity index (χ2v) is 6.92. The lowest BCUT2D eigenvalue weighted by Gasteiger charge is -2.08. The van der Waals surface area contributed by atoms with Gasteiger partial charge in [-0.2, -0.15) is 0 Å². The van der Waals surface area contributed by atoms with E-state index in [2.05, 4.69) is 22.9 Å². The molecular weight excluding hydrogens is 288 g/mol. The molecule has 1 aromatic heterocycles. The van der Waals surface area contributed by atoms with E-state index in [9.17, 15) is 8.42 Å². The standard InChI is InChI=1S/C15H20N2O3S/c1-10-5-6-14(9-11(10)2)7-8-16-21(18,19)15-12(3)17-20-13(15)4/h5-6,9,16H,7-8H2,1-4H3. The summed E-state index contributed by atoms with van der Waals surface area (Å²) < 4.78 is 32.0. The summed E-state index contributed by atoms with van der Waals surface area (Å²) >= 11 is 0. The molecule has 5 nitrogen and oxygen atoms in total. The first-order valence-electron chi connectivity index (χ1n) is 6.80. The molecule has 0 bridgehead atoms. The summed E-state index contributed by atoms with van der Waals surface area (Å²) in [6.45, 7) is 7.66. The van der Waals surface area contributed by atoms with E-state index in [0.717, 1.165) is 5.56 Å². The van der Waals surface area contributed by atoms with Crippen molar-refractivity contribution in [3.63, 3.8) is 0 Å². The first-order chi connectivity index (χ1) is 9.81. The van der Waals surface area contributed by atoms with E-state index in [0.29, 0.717) is 24.4 Å². The molecule has 21 heavy (non-hydrogen) atoms. The van der Waals surface area contributed by atoms with Gasteiger partial charge in [-0.25, -0.2) is 13.1 Å². The zero-order chi connectivity index (χ0) is 15.6. The fourth-order valence-corrected chi connectivity index (χ4v) is 3.58. The second kappa shape index (κ2) is 5.99. The number of hydrogen-bond donors (Lipinski definition) is 1. The monoisotopic (exact) mass is 308 g/mol. The van der Waals surface area contributed by atoms with Crippen molar-refractivity contribution >= 4 is 10.0 Å². The van der Waals surface area contributed by atoms with Gasteiger partial charge in [-0.3, -0.25) is 0 Å². The largest absolute Gasteiger partial charge is 0.360 e. The molecular formula is C15H20N2O3S. The molecule has 0 aliphatic heterocycles. The lowest BCUT2D eigenvalue weighted by Crippen LogP contribution is -2.26. The van der Waals surface area contributed by atoms with Gasteiger partial charge in [0.05, 0.1) is 0 Å². The SMILES string of the molecule is Cc1ccc(CCNS(=O)(=O)c2c(C)noc2C)cc1C. The van der Waals surface area contributed by atoms with Gasteiger partial charge in [-0.05, 0) is 50.8 Å². The van der Waals surface area contributed by atoms with Crippen molar-refractivity contribution in [2.45, 2.75) is 39.0 Å². The van der Waals surface area contributed by atoms with E-state index in [4.69, 9.17) is 4.52 Å². The minimum Gasteiger partial charge on any atom is -0.360 e. The third kappa shape index (κ3) is 3.51. The van der Waals surface area contributed by atoms with Crippen LogP contribution in [-0.4, -0.2) is 20.1 Å². The minimum atomic E-state index is -3.57. The summed E-state index contributed by atoms with van der Waals surface area (Å²) in [6.07, 6.45) is 0.643. The highest BCUT2D eigenvalue weighted by Gasteiger charge is 2.23. The zero-order valence-electron chi connectivity index (χ0n) is 12.7. The van der Waals surface area contributed by atoms with E-state index in [1.54, 1.807) is 13.8 Å². The van der Waals surface area contributed by atoms with Crippen molar-refractivity contribution in [2.24, 2.45) is 0 Å².